The fraction of sp³-hybridized carbons (Fsp3) is 0.278. The maximum Gasteiger partial charge on any atom is 0.491 e. The molecule has 8 heteroatoms. The molecule has 0 fully saturated rings. The molecule has 1 aliphatic heterocycles. The molecular formula is C18H19BN4O2S. The Balaban J connectivity index is 1.66. The Labute approximate surface area is 156 Å². The molecule has 1 aromatic carbocycles. The van der Waals surface area contributed by atoms with Gasteiger partial charge in [0.05, 0.1) is 23.0 Å². The van der Waals surface area contributed by atoms with Crippen LogP contribution in [0.2, 0.25) is 0 Å². The quantitative estimate of drug-likeness (QED) is 0.427. The normalized spacial score (nSPS) is 13.9. The van der Waals surface area contributed by atoms with Gasteiger partial charge in [-0.2, -0.15) is 5.10 Å². The third-order valence-corrected chi connectivity index (χ3v) is 5.08. The van der Waals surface area contributed by atoms with Gasteiger partial charge in [0.1, 0.15) is 6.33 Å². The van der Waals surface area contributed by atoms with Crippen molar-refractivity contribution in [3.63, 3.8) is 0 Å². The maximum absolute atomic E-state index is 9.74. The molecule has 132 valence electrons. The van der Waals surface area contributed by atoms with Gasteiger partial charge in [0.25, 0.3) is 0 Å². The summed E-state index contributed by atoms with van der Waals surface area (Å²) in [7, 11) is -0.818. The van der Waals surface area contributed by atoms with Crippen LogP contribution in [0.1, 0.15) is 25.0 Å². The average Bonchev–Trinajstić information content (AvgIpc) is 3.25. The molecular weight excluding hydrogens is 347 g/mol. The maximum atomic E-state index is 9.74. The van der Waals surface area contributed by atoms with Gasteiger partial charge in [0.2, 0.25) is 0 Å². The van der Waals surface area contributed by atoms with Crippen LogP contribution in [0, 0.1) is 5.92 Å². The highest BCUT2D eigenvalue weighted by atomic mass is 32.1. The van der Waals surface area contributed by atoms with Gasteiger partial charge in [-0.25, -0.2) is 15.0 Å². The molecule has 0 saturated heterocycles. The number of hydrogen-bond donors (Lipinski definition) is 1. The van der Waals surface area contributed by atoms with E-state index < -0.39 is 7.12 Å². The van der Waals surface area contributed by atoms with E-state index in [1.165, 1.54) is 0 Å². The molecule has 2 aromatic heterocycles. The summed E-state index contributed by atoms with van der Waals surface area (Å²) in [4.78, 5) is 8.78. The lowest BCUT2D eigenvalue weighted by atomic mass is 9.79. The molecule has 0 radical (unpaired) electrons. The van der Waals surface area contributed by atoms with Crippen LogP contribution in [-0.4, -0.2) is 34.9 Å². The van der Waals surface area contributed by atoms with E-state index >= 15 is 0 Å². The minimum atomic E-state index is -0.818. The van der Waals surface area contributed by atoms with Gasteiger partial charge in [-0.15, -0.1) is 11.3 Å². The Bertz CT molecular complexity index is 959. The van der Waals surface area contributed by atoms with Gasteiger partial charge in [0, 0.05) is 6.54 Å². The number of thiophene rings is 1. The molecule has 4 rings (SSSR count). The average molecular weight is 366 g/mol. The van der Waals surface area contributed by atoms with E-state index in [1.807, 2.05) is 40.9 Å². The predicted octanol–water partition coefficient (Wildman–Crippen LogP) is 2.41. The monoisotopic (exact) mass is 366 g/mol. The van der Waals surface area contributed by atoms with Gasteiger partial charge in [0.15, 0.2) is 5.82 Å². The van der Waals surface area contributed by atoms with Crippen LogP contribution in [-0.2, 0) is 11.3 Å². The number of anilines is 1. The largest absolute Gasteiger partial charge is 0.491 e. The van der Waals surface area contributed by atoms with E-state index in [1.54, 1.807) is 17.7 Å². The summed E-state index contributed by atoms with van der Waals surface area (Å²) in [6.45, 7) is 5.50. The second-order valence-electron chi connectivity index (χ2n) is 6.67. The van der Waals surface area contributed by atoms with E-state index in [0.717, 1.165) is 39.2 Å². The number of fused-ring (bicyclic) bond motifs is 2. The minimum absolute atomic E-state index is 0.426. The van der Waals surface area contributed by atoms with Gasteiger partial charge < -0.3 is 9.68 Å². The molecule has 0 saturated carbocycles. The minimum Gasteiger partial charge on any atom is -0.423 e. The number of hydrogen-bond acceptors (Lipinski definition) is 7. The SMILES string of the molecule is CC(C)CN(/N=C/c1ccc2c(c1)COB2O)c1ncnc2ccsc12. The van der Waals surface area contributed by atoms with E-state index in [9.17, 15) is 5.02 Å². The Morgan fingerprint density at radius 1 is 1.38 bits per heavy atom. The van der Waals surface area contributed by atoms with Crippen molar-refractivity contribution in [2.45, 2.75) is 20.5 Å². The van der Waals surface area contributed by atoms with E-state index in [0.29, 0.717) is 12.5 Å². The van der Waals surface area contributed by atoms with Crippen molar-refractivity contribution in [1.82, 2.24) is 9.97 Å². The molecule has 0 spiro atoms. The van der Waals surface area contributed by atoms with Crippen molar-refractivity contribution in [2.24, 2.45) is 11.0 Å². The summed E-state index contributed by atoms with van der Waals surface area (Å²) in [5, 5.41) is 18.4. The van der Waals surface area contributed by atoms with Crippen LogP contribution >= 0.6 is 11.3 Å². The summed E-state index contributed by atoms with van der Waals surface area (Å²) in [5.74, 6) is 1.26. The number of aromatic nitrogens is 2. The highest BCUT2D eigenvalue weighted by Gasteiger charge is 2.26. The second-order valence-corrected chi connectivity index (χ2v) is 7.59. The van der Waals surface area contributed by atoms with E-state index in [4.69, 9.17) is 9.76 Å². The van der Waals surface area contributed by atoms with Crippen LogP contribution in [0.4, 0.5) is 5.82 Å². The molecule has 1 aliphatic rings. The lowest BCUT2D eigenvalue weighted by Gasteiger charge is -2.20. The molecule has 0 aliphatic carbocycles. The Morgan fingerprint density at radius 2 is 2.27 bits per heavy atom. The fourth-order valence-electron chi connectivity index (χ4n) is 2.96. The Kier molecular flexibility index (Phi) is 4.71. The third kappa shape index (κ3) is 3.35. The van der Waals surface area contributed by atoms with Gasteiger partial charge in [-0.3, -0.25) is 0 Å². The summed E-state index contributed by atoms with van der Waals surface area (Å²) >= 11 is 1.62. The summed E-state index contributed by atoms with van der Waals surface area (Å²) < 4.78 is 6.29. The first kappa shape index (κ1) is 17.1. The van der Waals surface area contributed by atoms with E-state index in [2.05, 4.69) is 23.8 Å². The molecule has 0 atom stereocenters. The molecule has 6 nitrogen and oxygen atoms in total. The van der Waals surface area contributed by atoms with Crippen molar-refractivity contribution in [2.75, 3.05) is 11.6 Å². The number of rotatable bonds is 5. The number of benzene rings is 1. The Morgan fingerprint density at radius 3 is 3.12 bits per heavy atom. The first-order chi connectivity index (χ1) is 12.6. The second kappa shape index (κ2) is 7.15. The third-order valence-electron chi connectivity index (χ3n) is 4.18. The molecule has 0 bridgehead atoms. The predicted molar refractivity (Wildman–Crippen MR) is 106 cm³/mol. The van der Waals surface area contributed by atoms with E-state index in [-0.39, 0.29) is 0 Å². The van der Waals surface area contributed by atoms with Crippen LogP contribution in [0.25, 0.3) is 10.2 Å². The van der Waals surface area contributed by atoms with Crippen molar-refractivity contribution >= 4 is 46.2 Å². The molecule has 0 unspecified atom stereocenters. The summed E-state index contributed by atoms with van der Waals surface area (Å²) in [6.07, 6.45) is 3.41. The van der Waals surface area contributed by atoms with Crippen LogP contribution in [0.5, 0.6) is 0 Å². The first-order valence-corrected chi connectivity index (χ1v) is 9.42. The summed E-state index contributed by atoms with van der Waals surface area (Å²) in [6, 6.07) is 7.83. The molecule has 3 aromatic rings. The van der Waals surface area contributed by atoms with Gasteiger partial charge in [-0.1, -0.05) is 26.0 Å². The molecule has 0 amide bonds. The van der Waals surface area contributed by atoms with Crippen LogP contribution in [0.15, 0.2) is 41.1 Å². The first-order valence-electron chi connectivity index (χ1n) is 8.54. The lowest BCUT2D eigenvalue weighted by Crippen LogP contribution is -2.27. The zero-order valence-corrected chi connectivity index (χ0v) is 15.5. The molecule has 3 heterocycles. The zero-order valence-electron chi connectivity index (χ0n) is 14.7. The molecule has 26 heavy (non-hydrogen) atoms. The van der Waals surface area contributed by atoms with Crippen LogP contribution < -0.4 is 10.5 Å². The number of nitrogens with zero attached hydrogens (tertiary/aromatic N) is 4. The smallest absolute Gasteiger partial charge is 0.423 e. The zero-order chi connectivity index (χ0) is 18.1. The van der Waals surface area contributed by atoms with Crippen molar-refractivity contribution < 1.29 is 9.68 Å². The standard InChI is InChI=1S/C18H19BN4O2S/c1-12(2)9-23(18-17-16(5-6-26-17)20-11-21-18)22-8-13-3-4-15-14(7-13)10-25-19(15)24/h3-8,11-12,24H,9-10H2,1-2H3/b22-8+. The van der Waals surface area contributed by atoms with Gasteiger partial charge in [-0.05, 0) is 40.0 Å². The van der Waals surface area contributed by atoms with Crippen LogP contribution in [0.3, 0.4) is 0 Å². The lowest BCUT2D eigenvalue weighted by molar-refractivity contribution is 0.275. The fourth-order valence-corrected chi connectivity index (χ4v) is 3.80. The van der Waals surface area contributed by atoms with Crippen molar-refractivity contribution in [1.29, 1.82) is 0 Å². The summed E-state index contributed by atoms with van der Waals surface area (Å²) in [5.41, 5.74) is 3.73. The van der Waals surface area contributed by atoms with Crippen molar-refractivity contribution in [3.05, 3.63) is 47.1 Å². The number of hydrazone groups is 1. The van der Waals surface area contributed by atoms with Gasteiger partial charge >= 0.3 is 7.12 Å². The highest BCUT2D eigenvalue weighted by molar-refractivity contribution is 7.17. The highest BCUT2D eigenvalue weighted by Crippen LogP contribution is 2.28. The molecule has 1 N–H and O–H groups in total. The Hall–Kier alpha value is -2.29. The topological polar surface area (TPSA) is 70.8 Å². The van der Waals surface area contributed by atoms with Crippen molar-refractivity contribution in [3.8, 4) is 0 Å².